The summed E-state index contributed by atoms with van der Waals surface area (Å²) in [7, 11) is 0. The van der Waals surface area contributed by atoms with E-state index in [2.05, 4.69) is 0 Å². The first-order valence-electron chi connectivity index (χ1n) is 7.52. The summed E-state index contributed by atoms with van der Waals surface area (Å²) < 4.78 is 29.8. The van der Waals surface area contributed by atoms with Crippen molar-refractivity contribution in [2.75, 3.05) is 13.2 Å². The van der Waals surface area contributed by atoms with Gasteiger partial charge in [-0.1, -0.05) is 12.1 Å². The molecule has 23 heavy (non-hydrogen) atoms. The minimum Gasteiger partial charge on any atom is -0.494 e. The molecular weight excluding hydrogens is 299 g/mol. The smallest absolute Gasteiger partial charge is 0.318 e. The molecule has 0 saturated carbocycles. The summed E-state index contributed by atoms with van der Waals surface area (Å²) in [6.07, 6.45) is 0.476. The number of benzene rings is 2. The van der Waals surface area contributed by atoms with Crippen LogP contribution in [0.15, 0.2) is 42.5 Å². The molecule has 0 fully saturated rings. The second-order valence-corrected chi connectivity index (χ2v) is 5.27. The Labute approximate surface area is 133 Å². The third kappa shape index (κ3) is 3.44. The summed E-state index contributed by atoms with van der Waals surface area (Å²) in [5, 5.41) is 0. The van der Waals surface area contributed by atoms with E-state index in [4.69, 9.17) is 14.2 Å². The lowest BCUT2D eigenvalue weighted by Gasteiger charge is -2.24. The van der Waals surface area contributed by atoms with Crippen LogP contribution in [0.4, 0.5) is 4.39 Å². The van der Waals surface area contributed by atoms with Crippen LogP contribution < -0.4 is 14.2 Å². The standard InChI is InChI=1S/C18H17FO4/c1-2-21-14-7-8-16-12(10-14)9-13(11-22-16)18(20)23-17-6-4-3-5-15(17)19/h3-8,10,13H,2,9,11H2,1H3. The Kier molecular flexibility index (Phi) is 4.46. The largest absolute Gasteiger partial charge is 0.494 e. The summed E-state index contributed by atoms with van der Waals surface area (Å²) in [6, 6.07) is 11.4. The van der Waals surface area contributed by atoms with Crippen molar-refractivity contribution in [1.82, 2.24) is 0 Å². The summed E-state index contributed by atoms with van der Waals surface area (Å²) in [5.74, 6) is -0.120. The van der Waals surface area contributed by atoms with Crippen molar-refractivity contribution in [3.8, 4) is 17.2 Å². The van der Waals surface area contributed by atoms with Gasteiger partial charge in [0, 0.05) is 0 Å². The van der Waals surface area contributed by atoms with E-state index in [-0.39, 0.29) is 12.4 Å². The van der Waals surface area contributed by atoms with Crippen LogP contribution >= 0.6 is 0 Å². The highest BCUT2D eigenvalue weighted by molar-refractivity contribution is 5.76. The Morgan fingerprint density at radius 1 is 1.30 bits per heavy atom. The van der Waals surface area contributed by atoms with Crippen LogP contribution in [0, 0.1) is 11.7 Å². The van der Waals surface area contributed by atoms with E-state index in [9.17, 15) is 9.18 Å². The Morgan fingerprint density at radius 2 is 2.13 bits per heavy atom. The molecule has 4 nitrogen and oxygen atoms in total. The van der Waals surface area contributed by atoms with Crippen molar-refractivity contribution in [2.45, 2.75) is 13.3 Å². The van der Waals surface area contributed by atoms with Crippen LogP contribution in [0.2, 0.25) is 0 Å². The number of fused-ring (bicyclic) bond motifs is 1. The molecular formula is C18H17FO4. The highest BCUT2D eigenvalue weighted by atomic mass is 19.1. The van der Waals surface area contributed by atoms with E-state index in [1.807, 2.05) is 25.1 Å². The summed E-state index contributed by atoms with van der Waals surface area (Å²) in [6.45, 7) is 2.69. The molecule has 1 aliphatic rings. The van der Waals surface area contributed by atoms with Crippen molar-refractivity contribution in [3.05, 3.63) is 53.8 Å². The van der Waals surface area contributed by atoms with Crippen LogP contribution in [-0.2, 0) is 11.2 Å². The van der Waals surface area contributed by atoms with Gasteiger partial charge in [-0.2, -0.15) is 0 Å². The van der Waals surface area contributed by atoms with E-state index >= 15 is 0 Å². The average molecular weight is 316 g/mol. The number of ether oxygens (including phenoxy) is 3. The predicted molar refractivity (Wildman–Crippen MR) is 82.3 cm³/mol. The zero-order chi connectivity index (χ0) is 16.2. The molecule has 120 valence electrons. The Balaban J connectivity index is 1.72. The van der Waals surface area contributed by atoms with Crippen LogP contribution in [0.1, 0.15) is 12.5 Å². The average Bonchev–Trinajstić information content (AvgIpc) is 2.56. The molecule has 0 radical (unpaired) electrons. The number of carbonyl (C=O) groups excluding carboxylic acids is 1. The minimum atomic E-state index is -0.559. The molecule has 0 bridgehead atoms. The van der Waals surface area contributed by atoms with Gasteiger partial charge in [0.1, 0.15) is 18.1 Å². The molecule has 0 aliphatic carbocycles. The van der Waals surface area contributed by atoms with Gasteiger partial charge in [0.25, 0.3) is 0 Å². The topological polar surface area (TPSA) is 44.8 Å². The first-order chi connectivity index (χ1) is 11.2. The Bertz CT molecular complexity index is 714. The third-order valence-electron chi connectivity index (χ3n) is 3.63. The van der Waals surface area contributed by atoms with Crippen molar-refractivity contribution in [1.29, 1.82) is 0 Å². The lowest BCUT2D eigenvalue weighted by molar-refractivity contribution is -0.140. The van der Waals surface area contributed by atoms with Crippen molar-refractivity contribution in [3.63, 3.8) is 0 Å². The van der Waals surface area contributed by atoms with E-state index in [1.165, 1.54) is 12.1 Å². The number of hydrogen-bond donors (Lipinski definition) is 0. The van der Waals surface area contributed by atoms with E-state index in [0.717, 1.165) is 17.1 Å². The number of rotatable bonds is 4. The van der Waals surface area contributed by atoms with Gasteiger partial charge in [0.05, 0.1) is 12.5 Å². The fourth-order valence-electron chi connectivity index (χ4n) is 2.50. The quantitative estimate of drug-likeness (QED) is 0.641. The normalized spacial score (nSPS) is 16.2. The van der Waals surface area contributed by atoms with Gasteiger partial charge in [-0.15, -0.1) is 0 Å². The molecule has 0 N–H and O–H groups in total. The fourth-order valence-corrected chi connectivity index (χ4v) is 2.50. The number of carbonyl (C=O) groups is 1. The lowest BCUT2D eigenvalue weighted by Crippen LogP contribution is -2.31. The molecule has 2 aromatic carbocycles. The van der Waals surface area contributed by atoms with Gasteiger partial charge in [-0.25, -0.2) is 4.39 Å². The summed E-state index contributed by atoms with van der Waals surface area (Å²) in [4.78, 5) is 12.2. The molecule has 1 heterocycles. The number of hydrogen-bond acceptors (Lipinski definition) is 4. The molecule has 0 aromatic heterocycles. The molecule has 1 unspecified atom stereocenters. The van der Waals surface area contributed by atoms with Gasteiger partial charge < -0.3 is 14.2 Å². The number of para-hydroxylation sites is 1. The van der Waals surface area contributed by atoms with Gasteiger partial charge >= 0.3 is 5.97 Å². The van der Waals surface area contributed by atoms with Crippen molar-refractivity contribution < 1.29 is 23.4 Å². The maximum atomic E-state index is 13.6. The van der Waals surface area contributed by atoms with E-state index in [1.54, 1.807) is 12.1 Å². The molecule has 2 aromatic rings. The van der Waals surface area contributed by atoms with Crippen LogP contribution in [-0.4, -0.2) is 19.2 Å². The number of esters is 1. The third-order valence-corrected chi connectivity index (χ3v) is 3.63. The van der Waals surface area contributed by atoms with E-state index in [0.29, 0.717) is 13.0 Å². The SMILES string of the molecule is CCOc1ccc2c(c1)CC(C(=O)Oc1ccccc1F)CO2. The zero-order valence-corrected chi connectivity index (χ0v) is 12.8. The van der Waals surface area contributed by atoms with Crippen LogP contribution in [0.3, 0.4) is 0 Å². The van der Waals surface area contributed by atoms with Crippen LogP contribution in [0.25, 0.3) is 0 Å². The van der Waals surface area contributed by atoms with Crippen molar-refractivity contribution in [2.24, 2.45) is 5.92 Å². The zero-order valence-electron chi connectivity index (χ0n) is 12.8. The molecule has 0 spiro atoms. The highest BCUT2D eigenvalue weighted by Crippen LogP contribution is 2.31. The van der Waals surface area contributed by atoms with Gasteiger partial charge in [0.2, 0.25) is 0 Å². The molecule has 0 amide bonds. The lowest BCUT2D eigenvalue weighted by atomic mass is 9.96. The maximum Gasteiger partial charge on any atom is 0.318 e. The van der Waals surface area contributed by atoms with Gasteiger partial charge in [-0.3, -0.25) is 4.79 Å². The Morgan fingerprint density at radius 3 is 2.91 bits per heavy atom. The van der Waals surface area contributed by atoms with Crippen molar-refractivity contribution >= 4 is 5.97 Å². The highest BCUT2D eigenvalue weighted by Gasteiger charge is 2.28. The second-order valence-electron chi connectivity index (χ2n) is 5.27. The molecule has 1 atom stereocenters. The van der Waals surface area contributed by atoms with Gasteiger partial charge in [0.15, 0.2) is 11.6 Å². The van der Waals surface area contributed by atoms with Gasteiger partial charge in [-0.05, 0) is 49.2 Å². The predicted octanol–water partition coefficient (Wildman–Crippen LogP) is 3.38. The molecule has 0 saturated heterocycles. The first-order valence-corrected chi connectivity index (χ1v) is 7.52. The summed E-state index contributed by atoms with van der Waals surface area (Å²) >= 11 is 0. The number of halogens is 1. The summed E-state index contributed by atoms with van der Waals surface area (Å²) in [5.41, 5.74) is 0.887. The minimum absolute atomic E-state index is 0.0636. The second kappa shape index (κ2) is 6.69. The monoisotopic (exact) mass is 316 g/mol. The molecule has 3 rings (SSSR count). The maximum absolute atomic E-state index is 13.6. The first kappa shape index (κ1) is 15.3. The fraction of sp³-hybridized carbons (Fsp3) is 0.278. The molecule has 5 heteroatoms. The van der Waals surface area contributed by atoms with E-state index < -0.39 is 17.7 Å². The molecule has 1 aliphatic heterocycles. The van der Waals surface area contributed by atoms with Crippen LogP contribution in [0.5, 0.6) is 17.2 Å². The Hall–Kier alpha value is -2.56.